The molecule has 1 aliphatic carbocycles. The van der Waals surface area contributed by atoms with Crippen LogP contribution in [0.5, 0.6) is 0 Å². The van der Waals surface area contributed by atoms with Crippen LogP contribution in [-0.4, -0.2) is 21.9 Å². The Kier molecular flexibility index (Phi) is 3.23. The Labute approximate surface area is 112 Å². The largest absolute Gasteiger partial charge is 0.353 e. The Morgan fingerprint density at radius 1 is 1.47 bits per heavy atom. The number of para-hydroxylation sites is 2. The second-order valence-electron chi connectivity index (χ2n) is 5.39. The second-order valence-corrected chi connectivity index (χ2v) is 5.39. The third-order valence-corrected chi connectivity index (χ3v) is 3.75. The lowest BCUT2D eigenvalue weighted by Crippen LogP contribution is -2.34. The zero-order chi connectivity index (χ0) is 13.2. The van der Waals surface area contributed by atoms with E-state index in [0.717, 1.165) is 16.9 Å². The summed E-state index contributed by atoms with van der Waals surface area (Å²) in [5, 5.41) is 3.07. The summed E-state index contributed by atoms with van der Waals surface area (Å²) in [6, 6.07) is 8.25. The fourth-order valence-electron chi connectivity index (χ4n) is 2.40. The molecule has 100 valence electrons. The first-order valence-corrected chi connectivity index (χ1v) is 6.95. The highest BCUT2D eigenvalue weighted by molar-refractivity contribution is 5.77. The van der Waals surface area contributed by atoms with Gasteiger partial charge in [-0.05, 0) is 37.8 Å². The van der Waals surface area contributed by atoms with Gasteiger partial charge < -0.3 is 10.3 Å². The smallest absolute Gasteiger partial charge is 0.220 e. The van der Waals surface area contributed by atoms with Gasteiger partial charge in [0.1, 0.15) is 5.82 Å². The van der Waals surface area contributed by atoms with E-state index in [0.29, 0.717) is 24.8 Å². The van der Waals surface area contributed by atoms with Gasteiger partial charge in [-0.25, -0.2) is 4.98 Å². The van der Waals surface area contributed by atoms with Crippen molar-refractivity contribution >= 4 is 16.9 Å². The Morgan fingerprint density at radius 2 is 2.26 bits per heavy atom. The predicted molar refractivity (Wildman–Crippen MR) is 74.7 cm³/mol. The minimum atomic E-state index is 0.125. The van der Waals surface area contributed by atoms with Gasteiger partial charge in [0.25, 0.3) is 0 Å². The number of nitrogens with zero attached hydrogens (tertiary/aromatic N) is 1. The number of aryl methyl sites for hydroxylation is 1. The van der Waals surface area contributed by atoms with Crippen LogP contribution in [0.1, 0.15) is 32.0 Å². The number of rotatable bonds is 5. The van der Waals surface area contributed by atoms with Crippen molar-refractivity contribution in [1.29, 1.82) is 0 Å². The molecule has 4 nitrogen and oxygen atoms in total. The normalized spacial score (nSPS) is 16.5. The van der Waals surface area contributed by atoms with Crippen LogP contribution in [0.4, 0.5) is 0 Å². The van der Waals surface area contributed by atoms with Crippen molar-refractivity contribution < 1.29 is 4.79 Å². The van der Waals surface area contributed by atoms with Crippen LogP contribution in [0, 0.1) is 5.92 Å². The lowest BCUT2D eigenvalue weighted by molar-refractivity contribution is -0.121. The molecule has 4 heteroatoms. The van der Waals surface area contributed by atoms with E-state index in [2.05, 4.69) is 22.2 Å². The van der Waals surface area contributed by atoms with Gasteiger partial charge in [-0.2, -0.15) is 0 Å². The third-order valence-electron chi connectivity index (χ3n) is 3.75. The molecule has 2 N–H and O–H groups in total. The first-order valence-electron chi connectivity index (χ1n) is 6.95. The number of aromatic nitrogens is 2. The monoisotopic (exact) mass is 257 g/mol. The summed E-state index contributed by atoms with van der Waals surface area (Å²) >= 11 is 0. The lowest BCUT2D eigenvalue weighted by atomic mass is 10.2. The van der Waals surface area contributed by atoms with E-state index in [1.165, 1.54) is 12.8 Å². The average molecular weight is 257 g/mol. The zero-order valence-electron chi connectivity index (χ0n) is 11.1. The molecule has 0 bridgehead atoms. The molecule has 19 heavy (non-hydrogen) atoms. The van der Waals surface area contributed by atoms with Crippen LogP contribution < -0.4 is 5.32 Å². The van der Waals surface area contributed by atoms with Gasteiger partial charge in [0, 0.05) is 18.9 Å². The summed E-state index contributed by atoms with van der Waals surface area (Å²) < 4.78 is 0. The summed E-state index contributed by atoms with van der Waals surface area (Å²) in [6.45, 7) is 2.09. The maximum atomic E-state index is 11.8. The first-order chi connectivity index (χ1) is 9.22. The van der Waals surface area contributed by atoms with E-state index in [4.69, 9.17) is 0 Å². The van der Waals surface area contributed by atoms with Crippen molar-refractivity contribution in [3.05, 3.63) is 30.1 Å². The molecular formula is C15H19N3O. The number of aromatic amines is 1. The molecule has 0 aliphatic heterocycles. The number of fused-ring (bicyclic) bond motifs is 1. The van der Waals surface area contributed by atoms with E-state index in [1.807, 2.05) is 24.3 Å². The van der Waals surface area contributed by atoms with E-state index in [9.17, 15) is 4.79 Å². The van der Waals surface area contributed by atoms with Crippen molar-refractivity contribution in [3.8, 4) is 0 Å². The molecule has 1 atom stereocenters. The Balaban J connectivity index is 1.54. The molecule has 1 fully saturated rings. The third kappa shape index (κ3) is 2.95. The van der Waals surface area contributed by atoms with E-state index in [1.54, 1.807) is 0 Å². The minimum Gasteiger partial charge on any atom is -0.353 e. The molecule has 1 aromatic heterocycles. The maximum absolute atomic E-state index is 11.8. The molecule has 1 aromatic carbocycles. The van der Waals surface area contributed by atoms with Crippen molar-refractivity contribution in [2.45, 2.75) is 38.6 Å². The summed E-state index contributed by atoms with van der Waals surface area (Å²) in [6.07, 6.45) is 3.67. The van der Waals surface area contributed by atoms with E-state index < -0.39 is 0 Å². The highest BCUT2D eigenvalue weighted by Gasteiger charge is 2.28. The van der Waals surface area contributed by atoms with Gasteiger partial charge >= 0.3 is 0 Å². The summed E-state index contributed by atoms with van der Waals surface area (Å²) in [5.74, 6) is 1.71. The van der Waals surface area contributed by atoms with Crippen LogP contribution in [0.2, 0.25) is 0 Å². The van der Waals surface area contributed by atoms with Crippen LogP contribution in [0.25, 0.3) is 11.0 Å². The number of carbonyl (C=O) groups excluding carboxylic acids is 1. The average Bonchev–Trinajstić information content (AvgIpc) is 3.16. The Hall–Kier alpha value is -1.84. The number of hydrogen-bond acceptors (Lipinski definition) is 2. The van der Waals surface area contributed by atoms with Crippen LogP contribution in [0.3, 0.4) is 0 Å². The fourth-order valence-corrected chi connectivity index (χ4v) is 2.40. The van der Waals surface area contributed by atoms with E-state index >= 15 is 0 Å². The van der Waals surface area contributed by atoms with Crippen molar-refractivity contribution in [1.82, 2.24) is 15.3 Å². The number of carbonyl (C=O) groups is 1. The van der Waals surface area contributed by atoms with Crippen LogP contribution in [-0.2, 0) is 11.2 Å². The summed E-state index contributed by atoms with van der Waals surface area (Å²) in [4.78, 5) is 19.5. The Bertz CT molecular complexity index is 553. The van der Waals surface area contributed by atoms with Crippen molar-refractivity contribution in [3.63, 3.8) is 0 Å². The van der Waals surface area contributed by atoms with Gasteiger partial charge in [-0.15, -0.1) is 0 Å². The Morgan fingerprint density at radius 3 is 3.00 bits per heavy atom. The standard InChI is InChI=1S/C15H19N3O/c1-10(11-6-7-11)16-15(19)9-8-14-17-12-4-2-3-5-13(12)18-14/h2-5,10-11H,6-9H2,1H3,(H,16,19)(H,17,18). The molecule has 1 heterocycles. The SMILES string of the molecule is CC(NC(=O)CCc1nc2ccccc2[nH]1)C1CC1. The lowest BCUT2D eigenvalue weighted by Gasteiger charge is -2.11. The van der Waals surface area contributed by atoms with Crippen LogP contribution >= 0.6 is 0 Å². The number of hydrogen-bond donors (Lipinski definition) is 2. The zero-order valence-corrected chi connectivity index (χ0v) is 11.1. The number of nitrogens with one attached hydrogen (secondary N) is 2. The molecule has 0 spiro atoms. The molecule has 1 amide bonds. The molecule has 1 saturated carbocycles. The molecule has 3 rings (SSSR count). The highest BCUT2D eigenvalue weighted by Crippen LogP contribution is 2.32. The molecule has 0 saturated heterocycles. The van der Waals surface area contributed by atoms with Crippen LogP contribution in [0.15, 0.2) is 24.3 Å². The molecule has 2 aromatic rings. The van der Waals surface area contributed by atoms with Gasteiger partial charge in [0.05, 0.1) is 11.0 Å². The van der Waals surface area contributed by atoms with Gasteiger partial charge in [0.15, 0.2) is 0 Å². The number of benzene rings is 1. The first kappa shape index (κ1) is 12.2. The molecule has 1 unspecified atom stereocenters. The summed E-state index contributed by atoms with van der Waals surface area (Å²) in [7, 11) is 0. The minimum absolute atomic E-state index is 0.125. The topological polar surface area (TPSA) is 57.8 Å². The van der Waals surface area contributed by atoms with Gasteiger partial charge in [0.2, 0.25) is 5.91 Å². The quantitative estimate of drug-likeness (QED) is 0.864. The number of imidazole rings is 1. The summed E-state index contributed by atoms with van der Waals surface area (Å²) in [5.41, 5.74) is 1.99. The van der Waals surface area contributed by atoms with E-state index in [-0.39, 0.29) is 5.91 Å². The molecule has 1 aliphatic rings. The molecule has 0 radical (unpaired) electrons. The van der Waals surface area contributed by atoms with Gasteiger partial charge in [-0.1, -0.05) is 12.1 Å². The van der Waals surface area contributed by atoms with Crippen molar-refractivity contribution in [2.24, 2.45) is 5.92 Å². The highest BCUT2D eigenvalue weighted by atomic mass is 16.1. The predicted octanol–water partition coefficient (Wildman–Crippen LogP) is 2.41. The van der Waals surface area contributed by atoms with Crippen molar-refractivity contribution in [2.75, 3.05) is 0 Å². The number of amides is 1. The maximum Gasteiger partial charge on any atom is 0.220 e. The second kappa shape index (κ2) is 5.03. The molecular weight excluding hydrogens is 238 g/mol. The fraction of sp³-hybridized carbons (Fsp3) is 0.467. The number of H-pyrrole nitrogens is 1. The van der Waals surface area contributed by atoms with Gasteiger partial charge in [-0.3, -0.25) is 4.79 Å².